The van der Waals surface area contributed by atoms with Gasteiger partial charge in [-0.1, -0.05) is 37.3 Å². The molecule has 0 aliphatic carbocycles. The molecule has 0 radical (unpaired) electrons. The molecule has 1 aliphatic rings. The van der Waals surface area contributed by atoms with Crippen LogP contribution in [0, 0.1) is 18.8 Å². The quantitative estimate of drug-likeness (QED) is 0.642. The summed E-state index contributed by atoms with van der Waals surface area (Å²) in [6, 6.07) is 15.4. The molecule has 1 amide bonds. The molecule has 2 atom stereocenters. The summed E-state index contributed by atoms with van der Waals surface area (Å²) >= 11 is 0. The van der Waals surface area contributed by atoms with Crippen molar-refractivity contribution in [2.75, 3.05) is 25.5 Å². The van der Waals surface area contributed by atoms with Crippen molar-refractivity contribution in [1.29, 1.82) is 0 Å². The van der Waals surface area contributed by atoms with Crippen LogP contribution in [0.3, 0.4) is 0 Å². The zero-order valence-electron chi connectivity index (χ0n) is 19.2. The van der Waals surface area contributed by atoms with Crippen LogP contribution in [0.2, 0.25) is 0 Å². The second-order valence-electron chi connectivity index (χ2n) is 9.17. The Morgan fingerprint density at radius 2 is 1.84 bits per heavy atom. The van der Waals surface area contributed by atoms with E-state index in [9.17, 15) is 9.59 Å². The van der Waals surface area contributed by atoms with Gasteiger partial charge in [0.05, 0.1) is 11.1 Å². The number of aryl methyl sites for hydroxylation is 2. The molecule has 0 unspecified atom stereocenters. The number of likely N-dealkylation sites (tertiary alicyclic amines) is 1. The molecule has 0 bridgehead atoms. The third kappa shape index (κ3) is 5.07. The lowest BCUT2D eigenvalue weighted by molar-refractivity contribution is -0.117. The van der Waals surface area contributed by atoms with Crippen molar-refractivity contribution in [2.24, 2.45) is 11.8 Å². The van der Waals surface area contributed by atoms with Crippen molar-refractivity contribution < 1.29 is 4.79 Å². The number of hydrogen-bond donors (Lipinski definition) is 1. The average molecular weight is 433 g/mol. The van der Waals surface area contributed by atoms with Crippen molar-refractivity contribution >= 4 is 22.4 Å². The van der Waals surface area contributed by atoms with E-state index >= 15 is 0 Å². The predicted molar refractivity (Wildman–Crippen MR) is 129 cm³/mol. The van der Waals surface area contributed by atoms with E-state index in [2.05, 4.69) is 41.4 Å². The van der Waals surface area contributed by atoms with Gasteiger partial charge >= 0.3 is 0 Å². The summed E-state index contributed by atoms with van der Waals surface area (Å²) in [6.07, 6.45) is 3.53. The number of anilines is 1. The van der Waals surface area contributed by atoms with Crippen molar-refractivity contribution in [3.8, 4) is 0 Å². The molecular formula is C26H32N4O2. The third-order valence-electron chi connectivity index (χ3n) is 6.67. The van der Waals surface area contributed by atoms with Gasteiger partial charge in [-0.05, 0) is 75.4 Å². The summed E-state index contributed by atoms with van der Waals surface area (Å²) < 4.78 is 1.24. The van der Waals surface area contributed by atoms with E-state index in [0.717, 1.165) is 35.0 Å². The van der Waals surface area contributed by atoms with Crippen LogP contribution in [0.4, 0.5) is 5.69 Å². The first-order valence-electron chi connectivity index (χ1n) is 11.4. The Morgan fingerprint density at radius 3 is 2.56 bits per heavy atom. The normalized spacial score (nSPS) is 19.2. The second kappa shape index (κ2) is 9.65. The van der Waals surface area contributed by atoms with E-state index < -0.39 is 0 Å². The van der Waals surface area contributed by atoms with E-state index in [1.54, 1.807) is 6.07 Å². The number of rotatable bonds is 6. The molecule has 1 aromatic heterocycles. The summed E-state index contributed by atoms with van der Waals surface area (Å²) in [6.45, 7) is 6.47. The van der Waals surface area contributed by atoms with Crippen LogP contribution in [0.15, 0.2) is 53.3 Å². The van der Waals surface area contributed by atoms with Gasteiger partial charge in [0.1, 0.15) is 6.54 Å². The number of nitrogens with one attached hydrogen (secondary N) is 1. The number of fused-ring (bicyclic) bond motifs is 1. The highest BCUT2D eigenvalue weighted by atomic mass is 16.2. The third-order valence-corrected chi connectivity index (χ3v) is 6.67. The van der Waals surface area contributed by atoms with Crippen LogP contribution < -0.4 is 10.9 Å². The van der Waals surface area contributed by atoms with Gasteiger partial charge in [0, 0.05) is 17.6 Å². The fourth-order valence-electron chi connectivity index (χ4n) is 4.79. The van der Waals surface area contributed by atoms with Crippen LogP contribution in [0.1, 0.15) is 31.0 Å². The van der Waals surface area contributed by atoms with Gasteiger partial charge in [-0.15, -0.1) is 0 Å². The lowest BCUT2D eigenvalue weighted by atomic mass is 9.83. The van der Waals surface area contributed by atoms with E-state index in [1.165, 1.54) is 36.2 Å². The van der Waals surface area contributed by atoms with Crippen molar-refractivity contribution in [2.45, 2.75) is 39.7 Å². The lowest BCUT2D eigenvalue weighted by Gasteiger charge is -2.34. The minimum Gasteiger partial charge on any atom is -0.324 e. The molecule has 2 aromatic carbocycles. The number of carbonyl (C=O) groups is 1. The Kier molecular flexibility index (Phi) is 6.70. The minimum absolute atomic E-state index is 0.111. The highest BCUT2D eigenvalue weighted by Crippen LogP contribution is 2.27. The standard InChI is InChI=1S/C26H32N4O2/c1-18-16-29(3)15-14-21(18)11-8-20-9-12-22(13-10-20)27-25(31)17-30-26(32)24-7-5-4-6-23(24)19(2)28-30/h4-7,9-10,12-13,18,21H,8,11,14-17H2,1-3H3,(H,27,31)/t18-,21+/m1/s1. The topological polar surface area (TPSA) is 67.2 Å². The van der Waals surface area contributed by atoms with Crippen LogP contribution >= 0.6 is 0 Å². The van der Waals surface area contributed by atoms with Crippen molar-refractivity contribution in [3.05, 3.63) is 70.1 Å². The molecule has 3 aromatic rings. The average Bonchev–Trinajstić information content (AvgIpc) is 2.78. The van der Waals surface area contributed by atoms with E-state index in [4.69, 9.17) is 0 Å². The van der Waals surface area contributed by atoms with Gasteiger partial charge in [-0.25, -0.2) is 4.68 Å². The number of amides is 1. The SMILES string of the molecule is Cc1nn(CC(=O)Nc2ccc(CC[C@H]3CCN(C)C[C@H]3C)cc2)c(=O)c2ccccc12. The first-order chi connectivity index (χ1) is 15.4. The van der Waals surface area contributed by atoms with Gasteiger partial charge in [0.15, 0.2) is 0 Å². The second-order valence-corrected chi connectivity index (χ2v) is 9.17. The predicted octanol–water partition coefficient (Wildman–Crippen LogP) is 3.86. The van der Waals surface area contributed by atoms with Gasteiger partial charge in [0.25, 0.3) is 5.56 Å². The Morgan fingerprint density at radius 1 is 1.12 bits per heavy atom. The maximum absolute atomic E-state index is 12.7. The van der Waals surface area contributed by atoms with Gasteiger partial charge in [-0.3, -0.25) is 9.59 Å². The molecule has 1 N–H and O–H groups in total. The molecule has 168 valence electrons. The molecule has 1 fully saturated rings. The monoisotopic (exact) mass is 432 g/mol. The van der Waals surface area contributed by atoms with E-state index in [0.29, 0.717) is 5.39 Å². The Hall–Kier alpha value is -2.99. The molecule has 2 heterocycles. The number of carbonyl (C=O) groups excluding carboxylic acids is 1. The van der Waals surface area contributed by atoms with E-state index in [1.807, 2.05) is 37.3 Å². The first-order valence-corrected chi connectivity index (χ1v) is 11.4. The Bertz CT molecular complexity index is 1150. The molecule has 4 rings (SSSR count). The van der Waals surface area contributed by atoms with Crippen LogP contribution in [0.25, 0.3) is 10.8 Å². The molecule has 6 heteroatoms. The molecule has 6 nitrogen and oxygen atoms in total. The number of benzene rings is 2. The Labute approximate surface area is 189 Å². The van der Waals surface area contributed by atoms with Crippen LogP contribution in [0.5, 0.6) is 0 Å². The molecule has 0 saturated carbocycles. The van der Waals surface area contributed by atoms with E-state index in [-0.39, 0.29) is 18.0 Å². The highest BCUT2D eigenvalue weighted by molar-refractivity contribution is 5.91. The zero-order chi connectivity index (χ0) is 22.7. The van der Waals surface area contributed by atoms with Gasteiger partial charge < -0.3 is 10.2 Å². The summed E-state index contributed by atoms with van der Waals surface area (Å²) in [5.74, 6) is 1.26. The molecule has 0 spiro atoms. The number of piperidine rings is 1. The summed E-state index contributed by atoms with van der Waals surface area (Å²) in [4.78, 5) is 27.6. The summed E-state index contributed by atoms with van der Waals surface area (Å²) in [5.41, 5.74) is 2.50. The van der Waals surface area contributed by atoms with Crippen molar-refractivity contribution in [1.82, 2.24) is 14.7 Å². The molecule has 1 saturated heterocycles. The number of aromatic nitrogens is 2. The molecular weight excluding hydrogens is 400 g/mol. The maximum atomic E-state index is 12.7. The zero-order valence-corrected chi connectivity index (χ0v) is 19.2. The smallest absolute Gasteiger partial charge is 0.275 e. The van der Waals surface area contributed by atoms with Crippen molar-refractivity contribution in [3.63, 3.8) is 0 Å². The number of nitrogens with zero attached hydrogens (tertiary/aromatic N) is 3. The fourth-order valence-corrected chi connectivity index (χ4v) is 4.79. The highest BCUT2D eigenvalue weighted by Gasteiger charge is 2.23. The van der Waals surface area contributed by atoms with Gasteiger partial charge in [0.2, 0.25) is 5.91 Å². The molecule has 1 aliphatic heterocycles. The van der Waals surface area contributed by atoms with Crippen LogP contribution in [-0.4, -0.2) is 40.7 Å². The largest absolute Gasteiger partial charge is 0.324 e. The number of hydrogen-bond acceptors (Lipinski definition) is 4. The summed E-state index contributed by atoms with van der Waals surface area (Å²) in [5, 5.41) is 8.60. The lowest BCUT2D eigenvalue weighted by Crippen LogP contribution is -2.36. The Balaban J connectivity index is 1.35. The maximum Gasteiger partial charge on any atom is 0.275 e. The van der Waals surface area contributed by atoms with Gasteiger partial charge in [-0.2, -0.15) is 5.10 Å². The van der Waals surface area contributed by atoms with Crippen LogP contribution in [-0.2, 0) is 17.8 Å². The molecule has 32 heavy (non-hydrogen) atoms. The summed E-state index contributed by atoms with van der Waals surface area (Å²) in [7, 11) is 2.20. The first kappa shape index (κ1) is 22.2. The minimum atomic E-state index is -0.262. The fraction of sp³-hybridized carbons (Fsp3) is 0.423.